The first-order valence-electron chi connectivity index (χ1n) is 9.92. The quantitative estimate of drug-likeness (QED) is 0.364. The molecule has 3 aliphatic rings. The van der Waals surface area contributed by atoms with E-state index in [2.05, 4.69) is 0 Å². The molecule has 2 amide bonds. The van der Waals surface area contributed by atoms with Gasteiger partial charge in [0.25, 0.3) is 5.69 Å². The van der Waals surface area contributed by atoms with Gasteiger partial charge in [-0.1, -0.05) is 0 Å². The van der Waals surface area contributed by atoms with Crippen LogP contribution in [0.5, 0.6) is 0 Å². The molecule has 0 saturated carbocycles. The van der Waals surface area contributed by atoms with Crippen LogP contribution in [0.3, 0.4) is 0 Å². The highest BCUT2D eigenvalue weighted by molar-refractivity contribution is 7.99. The average molecular weight is 463 g/mol. The van der Waals surface area contributed by atoms with E-state index in [1.807, 2.05) is 0 Å². The fourth-order valence-electron chi connectivity index (χ4n) is 4.45. The average Bonchev–Trinajstić information content (AvgIpc) is 3.34. The van der Waals surface area contributed by atoms with Crippen molar-refractivity contribution in [1.29, 1.82) is 0 Å². The maximum atomic E-state index is 12.7. The predicted octanol–water partition coefficient (Wildman–Crippen LogP) is 1.56. The maximum absolute atomic E-state index is 12.7. The monoisotopic (exact) mass is 463 g/mol. The van der Waals surface area contributed by atoms with Crippen molar-refractivity contribution in [1.82, 2.24) is 9.80 Å². The van der Waals surface area contributed by atoms with Crippen LogP contribution in [0.4, 0.5) is 10.5 Å². The summed E-state index contributed by atoms with van der Waals surface area (Å²) in [4.78, 5) is 50.0. The lowest BCUT2D eigenvalue weighted by atomic mass is 9.82. The Morgan fingerprint density at radius 2 is 2.03 bits per heavy atom. The summed E-state index contributed by atoms with van der Waals surface area (Å²) < 4.78 is 5.36. The molecule has 0 spiro atoms. The number of aliphatic hydroxyl groups excluding tert-OH is 1. The number of carboxylic acid groups (broad SMARTS) is 1. The number of fused-ring (bicyclic) bond motifs is 1. The molecule has 0 radical (unpaired) electrons. The molecule has 3 heterocycles. The topological polar surface area (TPSA) is 151 Å². The molecule has 2 fully saturated rings. The van der Waals surface area contributed by atoms with Gasteiger partial charge in [0.15, 0.2) is 0 Å². The highest BCUT2D eigenvalue weighted by Crippen LogP contribution is 2.46. The summed E-state index contributed by atoms with van der Waals surface area (Å²) in [6, 6.07) is 4.67. The van der Waals surface area contributed by atoms with Crippen molar-refractivity contribution in [3.05, 3.63) is 51.2 Å². The Balaban J connectivity index is 1.48. The maximum Gasteiger partial charge on any atom is 0.411 e. The van der Waals surface area contributed by atoms with Crippen molar-refractivity contribution in [2.45, 2.75) is 38.1 Å². The minimum Gasteiger partial charge on any atom is -0.477 e. The van der Waals surface area contributed by atoms with Crippen molar-refractivity contribution in [3.8, 4) is 0 Å². The lowest BCUT2D eigenvalue weighted by molar-refractivity contribution is -0.384. The zero-order valence-corrected chi connectivity index (χ0v) is 17.9. The second-order valence-corrected chi connectivity index (χ2v) is 8.89. The van der Waals surface area contributed by atoms with Gasteiger partial charge in [0.1, 0.15) is 12.3 Å². The molecule has 12 heteroatoms. The third-order valence-electron chi connectivity index (χ3n) is 5.99. The molecule has 2 saturated heterocycles. The SMILES string of the molecule is C[C@@H](O)[C@H]1C(=O)N2C(C(=O)O)=C([C@@H]3CSCN3C(=O)OCc3ccc([N+](=O)[O-])cc3)C[C@H]12. The van der Waals surface area contributed by atoms with Crippen molar-refractivity contribution in [2.24, 2.45) is 5.92 Å². The van der Waals surface area contributed by atoms with Gasteiger partial charge in [0.2, 0.25) is 5.91 Å². The summed E-state index contributed by atoms with van der Waals surface area (Å²) in [5.41, 5.74) is 0.877. The number of nitrogens with zero attached hydrogens (tertiary/aromatic N) is 3. The van der Waals surface area contributed by atoms with E-state index in [1.165, 1.54) is 52.8 Å². The Hall–Kier alpha value is -3.12. The van der Waals surface area contributed by atoms with Gasteiger partial charge in [0.05, 0.1) is 34.9 Å². The number of non-ortho nitro benzene ring substituents is 1. The van der Waals surface area contributed by atoms with Crippen LogP contribution in [0.2, 0.25) is 0 Å². The lowest BCUT2D eigenvalue weighted by Crippen LogP contribution is -2.61. The van der Waals surface area contributed by atoms with Crippen LogP contribution in [0.15, 0.2) is 35.5 Å². The van der Waals surface area contributed by atoms with Crippen LogP contribution in [0.1, 0.15) is 18.9 Å². The van der Waals surface area contributed by atoms with Gasteiger partial charge in [-0.25, -0.2) is 9.59 Å². The van der Waals surface area contributed by atoms with E-state index in [1.54, 1.807) is 0 Å². The van der Waals surface area contributed by atoms with Crippen molar-refractivity contribution >= 4 is 35.4 Å². The molecule has 170 valence electrons. The summed E-state index contributed by atoms with van der Waals surface area (Å²) in [5.74, 6) is -1.55. The van der Waals surface area contributed by atoms with Crippen LogP contribution < -0.4 is 0 Å². The predicted molar refractivity (Wildman–Crippen MR) is 111 cm³/mol. The normalized spacial score (nSPS) is 25.4. The van der Waals surface area contributed by atoms with Gasteiger partial charge in [0, 0.05) is 17.9 Å². The first-order valence-corrected chi connectivity index (χ1v) is 11.1. The standard InChI is InChI=1S/C20H21N3O8S/c1-10(24)16-14-6-13(17(19(26)27)22(14)18(16)25)15-8-32-9-21(15)20(28)31-7-11-2-4-12(5-3-11)23(29)30/h2-5,10,14-16,24H,6-9H2,1H3,(H,26,27)/t10-,14-,15+,16-/m1/s1. The number of β-lactam (4-membered cyclic amide) rings is 1. The Morgan fingerprint density at radius 3 is 2.62 bits per heavy atom. The largest absolute Gasteiger partial charge is 0.477 e. The Labute approximate surface area is 186 Å². The van der Waals surface area contributed by atoms with E-state index in [0.29, 0.717) is 22.8 Å². The Kier molecular flexibility index (Phi) is 5.82. The number of nitro benzene ring substituents is 1. The van der Waals surface area contributed by atoms with Gasteiger partial charge >= 0.3 is 12.1 Å². The molecule has 11 nitrogen and oxygen atoms in total. The van der Waals surface area contributed by atoms with Gasteiger partial charge in [-0.3, -0.25) is 19.8 Å². The molecular formula is C20H21N3O8S. The number of aliphatic hydroxyl groups is 1. The van der Waals surface area contributed by atoms with Crippen molar-refractivity contribution in [3.63, 3.8) is 0 Å². The van der Waals surface area contributed by atoms with E-state index in [4.69, 9.17) is 4.74 Å². The number of thioether (sulfide) groups is 1. The number of aliphatic carboxylic acids is 1. The third kappa shape index (κ3) is 3.69. The molecule has 4 rings (SSSR count). The van der Waals surface area contributed by atoms with Crippen molar-refractivity contribution in [2.75, 3.05) is 11.6 Å². The fourth-order valence-corrected chi connectivity index (χ4v) is 5.65. The minimum absolute atomic E-state index is 0.0693. The van der Waals surface area contributed by atoms with Gasteiger partial charge in [-0.2, -0.15) is 0 Å². The van der Waals surface area contributed by atoms with Crippen LogP contribution in [-0.2, 0) is 20.9 Å². The molecule has 3 aliphatic heterocycles. The molecule has 32 heavy (non-hydrogen) atoms. The summed E-state index contributed by atoms with van der Waals surface area (Å²) in [5, 5.41) is 30.4. The Bertz CT molecular complexity index is 1010. The molecule has 0 unspecified atom stereocenters. The van der Waals surface area contributed by atoms with Crippen LogP contribution in [-0.4, -0.2) is 72.7 Å². The molecule has 0 aliphatic carbocycles. The van der Waals surface area contributed by atoms with E-state index >= 15 is 0 Å². The summed E-state index contributed by atoms with van der Waals surface area (Å²) >= 11 is 1.45. The number of hydrogen-bond acceptors (Lipinski definition) is 8. The summed E-state index contributed by atoms with van der Waals surface area (Å²) in [6.07, 6.45) is -1.25. The second-order valence-electron chi connectivity index (χ2n) is 7.89. The molecular weight excluding hydrogens is 442 g/mol. The first-order chi connectivity index (χ1) is 15.2. The molecule has 0 aromatic heterocycles. The van der Waals surface area contributed by atoms with Crippen LogP contribution >= 0.6 is 11.8 Å². The Morgan fingerprint density at radius 1 is 1.34 bits per heavy atom. The molecule has 2 N–H and O–H groups in total. The highest BCUT2D eigenvalue weighted by atomic mass is 32.2. The zero-order chi connectivity index (χ0) is 23.2. The number of ether oxygens (including phenoxy) is 1. The number of amides is 2. The summed E-state index contributed by atoms with van der Waals surface area (Å²) in [7, 11) is 0. The van der Waals surface area contributed by atoms with E-state index < -0.39 is 47.0 Å². The summed E-state index contributed by atoms with van der Waals surface area (Å²) in [6.45, 7) is 1.42. The minimum atomic E-state index is -1.24. The molecule has 1 aromatic carbocycles. The fraction of sp³-hybridized carbons (Fsp3) is 0.450. The number of hydrogen-bond donors (Lipinski definition) is 2. The molecule has 0 bridgehead atoms. The van der Waals surface area contributed by atoms with Crippen molar-refractivity contribution < 1.29 is 34.3 Å². The first kappa shape index (κ1) is 22.1. The van der Waals surface area contributed by atoms with E-state index in [-0.39, 0.29) is 24.4 Å². The van der Waals surface area contributed by atoms with E-state index in [9.17, 15) is 34.7 Å². The van der Waals surface area contributed by atoms with Crippen LogP contribution in [0.25, 0.3) is 0 Å². The second kappa shape index (κ2) is 8.43. The van der Waals surface area contributed by atoms with Crippen LogP contribution in [0, 0.1) is 16.0 Å². The van der Waals surface area contributed by atoms with Gasteiger partial charge < -0.3 is 19.8 Å². The lowest BCUT2D eigenvalue weighted by Gasteiger charge is -2.44. The molecule has 1 aromatic rings. The smallest absolute Gasteiger partial charge is 0.411 e. The van der Waals surface area contributed by atoms with Gasteiger partial charge in [-0.05, 0) is 36.6 Å². The third-order valence-corrected chi connectivity index (χ3v) is 7.01. The number of rotatable bonds is 6. The highest BCUT2D eigenvalue weighted by Gasteiger charge is 2.58. The zero-order valence-electron chi connectivity index (χ0n) is 17.0. The van der Waals surface area contributed by atoms with Gasteiger partial charge in [-0.15, -0.1) is 11.8 Å². The number of carboxylic acids is 1. The van der Waals surface area contributed by atoms with E-state index in [0.717, 1.165) is 0 Å². The number of carbonyl (C=O) groups excluding carboxylic acids is 2. The number of benzene rings is 1. The molecule has 4 atom stereocenters. The number of carbonyl (C=O) groups is 3. The number of nitro groups is 1.